The number of hydrogen-bond acceptors (Lipinski definition) is 5. The van der Waals surface area contributed by atoms with E-state index in [2.05, 4.69) is 25.2 Å². The van der Waals surface area contributed by atoms with E-state index in [0.29, 0.717) is 41.9 Å². The molecule has 1 unspecified atom stereocenters. The highest BCUT2D eigenvalue weighted by molar-refractivity contribution is 6.31. The van der Waals surface area contributed by atoms with E-state index in [0.717, 1.165) is 37.3 Å². The minimum Gasteiger partial charge on any atom is -0.423 e. The Morgan fingerprint density at radius 1 is 1.44 bits per heavy atom. The summed E-state index contributed by atoms with van der Waals surface area (Å²) in [5, 5.41) is 3.61. The van der Waals surface area contributed by atoms with Crippen molar-refractivity contribution in [2.75, 3.05) is 24.5 Å². The van der Waals surface area contributed by atoms with Gasteiger partial charge in [0.05, 0.1) is 0 Å². The van der Waals surface area contributed by atoms with Crippen molar-refractivity contribution in [3.8, 4) is 0 Å². The molecule has 0 bridgehead atoms. The van der Waals surface area contributed by atoms with E-state index >= 15 is 0 Å². The van der Waals surface area contributed by atoms with Crippen LogP contribution >= 0.6 is 11.6 Å². The number of benzene rings is 1. The molecule has 3 aromatic rings. The molecule has 27 heavy (non-hydrogen) atoms. The Bertz CT molecular complexity index is 908. The van der Waals surface area contributed by atoms with Crippen LogP contribution in [0, 0.1) is 5.92 Å². The van der Waals surface area contributed by atoms with Crippen LogP contribution in [0.25, 0.3) is 11.1 Å². The number of anilines is 1. The molecule has 2 N–H and O–H groups in total. The van der Waals surface area contributed by atoms with Crippen LogP contribution in [0.3, 0.4) is 0 Å². The molecule has 142 valence electrons. The van der Waals surface area contributed by atoms with E-state index < -0.39 is 0 Å². The predicted molar refractivity (Wildman–Crippen MR) is 104 cm³/mol. The Balaban J connectivity index is 1.31. The summed E-state index contributed by atoms with van der Waals surface area (Å²) in [6.07, 6.45) is 6.78. The number of imidazole rings is 1. The molecule has 8 heteroatoms. The summed E-state index contributed by atoms with van der Waals surface area (Å²) in [5.41, 5.74) is 1.49. The largest absolute Gasteiger partial charge is 0.423 e. The Morgan fingerprint density at radius 2 is 2.37 bits per heavy atom. The van der Waals surface area contributed by atoms with Crippen molar-refractivity contribution in [1.82, 2.24) is 20.3 Å². The van der Waals surface area contributed by atoms with Crippen LogP contribution < -0.4 is 10.2 Å². The highest BCUT2D eigenvalue weighted by Crippen LogP contribution is 2.28. The predicted octanol–water partition coefficient (Wildman–Crippen LogP) is 3.17. The number of H-pyrrole nitrogens is 1. The Kier molecular flexibility index (Phi) is 5.29. The molecule has 3 heterocycles. The first-order chi connectivity index (χ1) is 13.2. The summed E-state index contributed by atoms with van der Waals surface area (Å²) in [7, 11) is 0. The maximum absolute atomic E-state index is 12.2. The van der Waals surface area contributed by atoms with Crippen molar-refractivity contribution in [2.24, 2.45) is 5.92 Å². The van der Waals surface area contributed by atoms with Crippen molar-refractivity contribution >= 4 is 34.6 Å². The lowest BCUT2D eigenvalue weighted by Gasteiger charge is -2.31. The van der Waals surface area contributed by atoms with Gasteiger partial charge in [-0.15, -0.1) is 0 Å². The van der Waals surface area contributed by atoms with Gasteiger partial charge in [0.15, 0.2) is 5.58 Å². The second-order valence-electron chi connectivity index (χ2n) is 6.90. The molecule has 1 saturated heterocycles. The molecule has 7 nitrogen and oxygen atoms in total. The summed E-state index contributed by atoms with van der Waals surface area (Å²) >= 11 is 6.02. The number of oxazole rings is 1. The summed E-state index contributed by atoms with van der Waals surface area (Å²) in [4.78, 5) is 26.1. The molecule has 4 rings (SSSR count). The first kappa shape index (κ1) is 17.9. The van der Waals surface area contributed by atoms with E-state index in [1.165, 1.54) is 0 Å². The van der Waals surface area contributed by atoms with Gasteiger partial charge in [0.25, 0.3) is 6.01 Å². The third kappa shape index (κ3) is 4.42. The molecule has 2 aromatic heterocycles. The number of amides is 1. The second kappa shape index (κ2) is 8.00. The standard InChI is InChI=1S/C19H22ClN5O2/c20-14-3-4-15-16(11-14)27-19(24-15)25-9-1-2-13(12-25)10-18(26)23-6-5-17-21-7-8-22-17/h3-4,7-8,11,13H,1-2,5-6,9-10,12H2,(H,21,22)(H,23,26). The molecule has 0 saturated carbocycles. The highest BCUT2D eigenvalue weighted by atomic mass is 35.5. The van der Waals surface area contributed by atoms with E-state index in [4.69, 9.17) is 16.0 Å². The molecular formula is C19H22ClN5O2. The number of piperidine rings is 1. The molecule has 0 radical (unpaired) electrons. The fourth-order valence-electron chi connectivity index (χ4n) is 3.52. The molecule has 1 atom stereocenters. The fourth-order valence-corrected chi connectivity index (χ4v) is 3.68. The number of rotatable bonds is 6. The number of carbonyl (C=O) groups is 1. The normalized spacial score (nSPS) is 17.4. The third-order valence-electron chi connectivity index (χ3n) is 4.84. The number of aromatic amines is 1. The molecule has 1 aliphatic rings. The molecule has 1 aliphatic heterocycles. The van der Waals surface area contributed by atoms with Crippen LogP contribution in [0.1, 0.15) is 25.1 Å². The van der Waals surface area contributed by atoms with Crippen molar-refractivity contribution < 1.29 is 9.21 Å². The molecule has 1 amide bonds. The van der Waals surface area contributed by atoms with Crippen LogP contribution in [0.5, 0.6) is 0 Å². The van der Waals surface area contributed by atoms with E-state index in [-0.39, 0.29) is 5.91 Å². The molecule has 0 spiro atoms. The van der Waals surface area contributed by atoms with Crippen molar-refractivity contribution in [3.05, 3.63) is 41.4 Å². The Labute approximate surface area is 162 Å². The van der Waals surface area contributed by atoms with E-state index in [1.807, 2.05) is 12.1 Å². The molecule has 1 aromatic carbocycles. The highest BCUT2D eigenvalue weighted by Gasteiger charge is 2.25. The minimum absolute atomic E-state index is 0.0813. The van der Waals surface area contributed by atoms with Gasteiger partial charge < -0.3 is 19.6 Å². The average molecular weight is 388 g/mol. The fraction of sp³-hybridized carbons (Fsp3) is 0.421. The van der Waals surface area contributed by atoms with Gasteiger partial charge in [-0.3, -0.25) is 4.79 Å². The quantitative estimate of drug-likeness (QED) is 0.678. The zero-order valence-electron chi connectivity index (χ0n) is 14.9. The number of hydrogen-bond donors (Lipinski definition) is 2. The van der Waals surface area contributed by atoms with E-state index in [9.17, 15) is 4.79 Å². The smallest absolute Gasteiger partial charge is 0.298 e. The van der Waals surface area contributed by atoms with Gasteiger partial charge in [0.2, 0.25) is 5.91 Å². The van der Waals surface area contributed by atoms with Gasteiger partial charge in [-0.1, -0.05) is 11.6 Å². The zero-order chi connectivity index (χ0) is 18.6. The van der Waals surface area contributed by atoms with Crippen LogP contribution in [-0.2, 0) is 11.2 Å². The number of aromatic nitrogens is 3. The lowest BCUT2D eigenvalue weighted by Crippen LogP contribution is -2.38. The van der Waals surface area contributed by atoms with Crippen LogP contribution in [0.2, 0.25) is 5.02 Å². The maximum Gasteiger partial charge on any atom is 0.298 e. The van der Waals surface area contributed by atoms with E-state index in [1.54, 1.807) is 18.5 Å². The number of halogens is 1. The SMILES string of the molecule is O=C(CC1CCCN(c2nc3ccc(Cl)cc3o2)C1)NCCc1ncc[nH]1. The summed E-state index contributed by atoms with van der Waals surface area (Å²) in [5.74, 6) is 1.26. The van der Waals surface area contributed by atoms with Gasteiger partial charge in [0.1, 0.15) is 11.3 Å². The summed E-state index contributed by atoms with van der Waals surface area (Å²) in [6.45, 7) is 2.25. The van der Waals surface area contributed by atoms with Gasteiger partial charge in [-0.2, -0.15) is 4.98 Å². The number of nitrogens with one attached hydrogen (secondary N) is 2. The average Bonchev–Trinajstić information content (AvgIpc) is 3.31. The number of carbonyl (C=O) groups excluding carboxylic acids is 1. The second-order valence-corrected chi connectivity index (χ2v) is 7.34. The van der Waals surface area contributed by atoms with Crippen LogP contribution in [-0.4, -0.2) is 40.5 Å². The van der Waals surface area contributed by atoms with Gasteiger partial charge in [-0.05, 0) is 30.9 Å². The molecule has 1 fully saturated rings. The van der Waals surface area contributed by atoms with Crippen LogP contribution in [0.15, 0.2) is 35.0 Å². The monoisotopic (exact) mass is 387 g/mol. The first-order valence-electron chi connectivity index (χ1n) is 9.23. The first-order valence-corrected chi connectivity index (χ1v) is 9.61. The Hall–Kier alpha value is -2.54. The van der Waals surface area contributed by atoms with Crippen LogP contribution in [0.4, 0.5) is 6.01 Å². The lowest BCUT2D eigenvalue weighted by atomic mass is 9.94. The third-order valence-corrected chi connectivity index (χ3v) is 5.08. The maximum atomic E-state index is 12.2. The summed E-state index contributed by atoms with van der Waals surface area (Å²) in [6, 6.07) is 6.05. The Morgan fingerprint density at radius 3 is 3.22 bits per heavy atom. The summed E-state index contributed by atoms with van der Waals surface area (Å²) < 4.78 is 5.87. The molecule has 0 aliphatic carbocycles. The minimum atomic E-state index is 0.0813. The topological polar surface area (TPSA) is 87.1 Å². The van der Waals surface area contributed by atoms with Gasteiger partial charge >= 0.3 is 0 Å². The number of fused-ring (bicyclic) bond motifs is 1. The van der Waals surface area contributed by atoms with Gasteiger partial charge in [0, 0.05) is 56.0 Å². The number of nitrogens with zero attached hydrogens (tertiary/aromatic N) is 3. The van der Waals surface area contributed by atoms with Crippen molar-refractivity contribution in [3.63, 3.8) is 0 Å². The molecular weight excluding hydrogens is 366 g/mol. The van der Waals surface area contributed by atoms with Gasteiger partial charge in [-0.25, -0.2) is 4.98 Å². The van der Waals surface area contributed by atoms with Crippen molar-refractivity contribution in [1.29, 1.82) is 0 Å². The lowest BCUT2D eigenvalue weighted by molar-refractivity contribution is -0.122. The van der Waals surface area contributed by atoms with Crippen molar-refractivity contribution in [2.45, 2.75) is 25.7 Å². The zero-order valence-corrected chi connectivity index (χ0v) is 15.7.